The fourth-order valence-electron chi connectivity index (χ4n) is 3.96. The van der Waals surface area contributed by atoms with Gasteiger partial charge in [0, 0.05) is 10.8 Å². The average Bonchev–Trinajstić information content (AvgIpc) is 3.21. The van der Waals surface area contributed by atoms with Crippen LogP contribution in [0.1, 0.15) is 5.56 Å². The molecular weight excluding hydrogens is 388 g/mol. The number of aromatic nitrogens is 2. The molecule has 5 nitrogen and oxygen atoms in total. The summed E-state index contributed by atoms with van der Waals surface area (Å²) in [5, 5.41) is 7.55. The van der Waals surface area contributed by atoms with E-state index in [2.05, 4.69) is 0 Å². The van der Waals surface area contributed by atoms with Crippen LogP contribution in [0.3, 0.4) is 0 Å². The Morgan fingerprint density at radius 1 is 0.710 bits per heavy atom. The van der Waals surface area contributed by atoms with Crippen molar-refractivity contribution in [3.05, 3.63) is 90.5 Å². The molecule has 5 rings (SSSR count). The Hall–Kier alpha value is -3.99. The van der Waals surface area contributed by atoms with Gasteiger partial charge < -0.3 is 14.2 Å². The number of nitrogens with zero attached hydrogens (tertiary/aromatic N) is 2. The number of rotatable bonds is 6. The van der Waals surface area contributed by atoms with Crippen molar-refractivity contribution >= 4 is 21.7 Å². The fraction of sp³-hybridized carbons (Fsp3) is 0.115. The van der Waals surface area contributed by atoms with Crippen LogP contribution in [0.4, 0.5) is 0 Å². The molecule has 1 heterocycles. The summed E-state index contributed by atoms with van der Waals surface area (Å²) < 4.78 is 19.9. The van der Waals surface area contributed by atoms with Crippen molar-refractivity contribution in [2.45, 2.75) is 6.61 Å². The lowest BCUT2D eigenvalue weighted by Gasteiger charge is -2.14. The molecule has 0 radical (unpaired) electrons. The summed E-state index contributed by atoms with van der Waals surface area (Å²) in [6, 6.07) is 28.0. The standard InChI is InChI=1S/C26H22N2O3/c1-29-24-20-15-9-10-16-21(20)25(30-2)23-22(24)26(31-17-18-11-5-3-6-12-18)27-28(23)19-13-7-4-8-14-19/h3-16H,17H2,1-2H3. The van der Waals surface area contributed by atoms with Gasteiger partial charge in [-0.2, -0.15) is 0 Å². The van der Waals surface area contributed by atoms with Gasteiger partial charge >= 0.3 is 0 Å². The van der Waals surface area contributed by atoms with E-state index in [1.54, 1.807) is 14.2 Å². The maximum absolute atomic E-state index is 6.23. The molecule has 31 heavy (non-hydrogen) atoms. The van der Waals surface area contributed by atoms with Gasteiger partial charge in [-0.15, -0.1) is 5.10 Å². The van der Waals surface area contributed by atoms with Crippen molar-refractivity contribution < 1.29 is 14.2 Å². The molecule has 0 spiro atoms. The van der Waals surface area contributed by atoms with E-state index in [1.807, 2.05) is 89.6 Å². The number of hydrogen-bond donors (Lipinski definition) is 0. The molecule has 0 aliphatic carbocycles. The summed E-state index contributed by atoms with van der Waals surface area (Å²) in [7, 11) is 3.36. The molecule has 5 heteroatoms. The van der Waals surface area contributed by atoms with Gasteiger partial charge in [0.25, 0.3) is 0 Å². The van der Waals surface area contributed by atoms with E-state index in [-0.39, 0.29) is 0 Å². The molecule has 0 atom stereocenters. The minimum atomic E-state index is 0.403. The van der Waals surface area contributed by atoms with Gasteiger partial charge in [-0.25, -0.2) is 4.68 Å². The van der Waals surface area contributed by atoms with Crippen molar-refractivity contribution in [2.24, 2.45) is 0 Å². The van der Waals surface area contributed by atoms with E-state index >= 15 is 0 Å². The molecule has 0 aliphatic heterocycles. The Balaban J connectivity index is 1.81. The SMILES string of the molecule is COc1c2ccccc2c(OC)c2c1c(OCc1ccccc1)nn2-c1ccccc1. The largest absolute Gasteiger partial charge is 0.495 e. The maximum atomic E-state index is 6.23. The molecule has 0 N–H and O–H groups in total. The van der Waals surface area contributed by atoms with E-state index in [0.29, 0.717) is 12.5 Å². The van der Waals surface area contributed by atoms with Crippen LogP contribution in [-0.2, 0) is 6.61 Å². The Kier molecular flexibility index (Phi) is 4.92. The van der Waals surface area contributed by atoms with E-state index in [1.165, 1.54) is 0 Å². The predicted octanol–water partition coefficient (Wildman–Crippen LogP) is 5.77. The van der Waals surface area contributed by atoms with Crippen molar-refractivity contribution in [3.8, 4) is 23.1 Å². The second kappa shape index (κ2) is 8.03. The predicted molar refractivity (Wildman–Crippen MR) is 122 cm³/mol. The maximum Gasteiger partial charge on any atom is 0.245 e. The zero-order valence-electron chi connectivity index (χ0n) is 17.4. The van der Waals surface area contributed by atoms with E-state index in [9.17, 15) is 0 Å². The summed E-state index contributed by atoms with van der Waals surface area (Å²) in [5.74, 6) is 1.96. The van der Waals surface area contributed by atoms with Crippen LogP contribution in [0, 0.1) is 0 Å². The molecule has 0 saturated heterocycles. The number of ether oxygens (including phenoxy) is 3. The molecule has 4 aromatic carbocycles. The van der Waals surface area contributed by atoms with E-state index in [4.69, 9.17) is 19.3 Å². The first-order valence-electron chi connectivity index (χ1n) is 10.1. The van der Waals surface area contributed by atoms with E-state index in [0.717, 1.165) is 44.4 Å². The van der Waals surface area contributed by atoms with E-state index < -0.39 is 0 Å². The lowest BCUT2D eigenvalue weighted by Crippen LogP contribution is -1.99. The van der Waals surface area contributed by atoms with Gasteiger partial charge in [0.1, 0.15) is 23.3 Å². The van der Waals surface area contributed by atoms with Crippen LogP contribution in [0.2, 0.25) is 0 Å². The molecule has 0 fully saturated rings. The molecule has 1 aromatic heterocycles. The first-order chi connectivity index (χ1) is 15.3. The molecule has 0 saturated carbocycles. The second-order valence-corrected chi connectivity index (χ2v) is 7.16. The van der Waals surface area contributed by atoms with Gasteiger partial charge in [0.15, 0.2) is 5.75 Å². The molecule has 154 valence electrons. The smallest absolute Gasteiger partial charge is 0.245 e. The molecule has 0 amide bonds. The highest BCUT2D eigenvalue weighted by molar-refractivity contribution is 6.12. The molecule has 5 aromatic rings. The molecular formula is C26H22N2O3. The zero-order chi connectivity index (χ0) is 21.2. The highest BCUT2D eigenvalue weighted by Crippen LogP contribution is 2.47. The monoisotopic (exact) mass is 410 g/mol. The summed E-state index contributed by atoms with van der Waals surface area (Å²) in [5.41, 5.74) is 2.79. The van der Waals surface area contributed by atoms with Crippen molar-refractivity contribution in [2.75, 3.05) is 14.2 Å². The molecule has 0 bridgehead atoms. The number of fused-ring (bicyclic) bond motifs is 2. The third-order valence-electron chi connectivity index (χ3n) is 5.34. The van der Waals surface area contributed by atoms with Crippen LogP contribution in [0.15, 0.2) is 84.9 Å². The normalized spacial score (nSPS) is 11.0. The summed E-state index contributed by atoms with van der Waals surface area (Å²) in [4.78, 5) is 0. The van der Waals surface area contributed by atoms with Gasteiger partial charge in [-0.3, -0.25) is 0 Å². The van der Waals surface area contributed by atoms with Gasteiger partial charge in [0.05, 0.1) is 19.9 Å². The van der Waals surface area contributed by atoms with Crippen LogP contribution in [0.5, 0.6) is 17.4 Å². The Labute approximate surface area is 180 Å². The fourth-order valence-corrected chi connectivity index (χ4v) is 3.96. The summed E-state index contributed by atoms with van der Waals surface area (Å²) >= 11 is 0. The van der Waals surface area contributed by atoms with Crippen LogP contribution in [0.25, 0.3) is 27.4 Å². The minimum Gasteiger partial charge on any atom is -0.495 e. The third-order valence-corrected chi connectivity index (χ3v) is 5.34. The molecule has 0 unspecified atom stereocenters. The molecule has 0 aliphatic rings. The number of methoxy groups -OCH3 is 2. The van der Waals surface area contributed by atoms with Crippen LogP contribution in [-0.4, -0.2) is 24.0 Å². The first kappa shape index (κ1) is 19.0. The number of para-hydroxylation sites is 1. The van der Waals surface area contributed by atoms with Gasteiger partial charge in [-0.05, 0) is 17.7 Å². The van der Waals surface area contributed by atoms with Gasteiger partial charge in [-0.1, -0.05) is 72.8 Å². The lowest BCUT2D eigenvalue weighted by molar-refractivity contribution is 0.294. The minimum absolute atomic E-state index is 0.403. The highest BCUT2D eigenvalue weighted by atomic mass is 16.5. The summed E-state index contributed by atoms with van der Waals surface area (Å²) in [6.07, 6.45) is 0. The Bertz CT molecular complexity index is 1350. The van der Waals surface area contributed by atoms with Crippen molar-refractivity contribution in [3.63, 3.8) is 0 Å². The second-order valence-electron chi connectivity index (χ2n) is 7.16. The topological polar surface area (TPSA) is 45.5 Å². The van der Waals surface area contributed by atoms with Crippen LogP contribution >= 0.6 is 0 Å². The first-order valence-corrected chi connectivity index (χ1v) is 10.1. The zero-order valence-corrected chi connectivity index (χ0v) is 17.4. The summed E-state index contributed by atoms with van der Waals surface area (Å²) in [6.45, 7) is 0.403. The third kappa shape index (κ3) is 3.24. The highest BCUT2D eigenvalue weighted by Gasteiger charge is 2.25. The number of hydrogen-bond acceptors (Lipinski definition) is 4. The Morgan fingerprint density at radius 3 is 1.94 bits per heavy atom. The Morgan fingerprint density at radius 2 is 1.29 bits per heavy atom. The lowest BCUT2D eigenvalue weighted by atomic mass is 10.0. The quantitative estimate of drug-likeness (QED) is 0.356. The van der Waals surface area contributed by atoms with Gasteiger partial charge in [0.2, 0.25) is 5.88 Å². The number of benzene rings is 4. The average molecular weight is 410 g/mol. The van der Waals surface area contributed by atoms with Crippen molar-refractivity contribution in [1.29, 1.82) is 0 Å². The van der Waals surface area contributed by atoms with Crippen molar-refractivity contribution in [1.82, 2.24) is 9.78 Å². The van der Waals surface area contributed by atoms with Crippen LogP contribution < -0.4 is 14.2 Å².